The van der Waals surface area contributed by atoms with Gasteiger partial charge in [-0.3, -0.25) is 9.69 Å². The highest BCUT2D eigenvalue weighted by Crippen LogP contribution is 2.25. The second kappa shape index (κ2) is 8.33. The lowest BCUT2D eigenvalue weighted by molar-refractivity contribution is -0.117. The van der Waals surface area contributed by atoms with E-state index in [2.05, 4.69) is 37.8 Å². The molecule has 0 unspecified atom stereocenters. The zero-order chi connectivity index (χ0) is 20.3. The maximum absolute atomic E-state index is 12.6. The molecule has 1 N–H and O–H groups in total. The second-order valence-corrected chi connectivity index (χ2v) is 8.44. The van der Waals surface area contributed by atoms with Gasteiger partial charge in [-0.1, -0.05) is 42.5 Å². The fourth-order valence-corrected chi connectivity index (χ4v) is 4.57. The third-order valence-electron chi connectivity index (χ3n) is 5.48. The molecular weight excluding hydrogens is 396 g/mol. The van der Waals surface area contributed by atoms with E-state index >= 15 is 0 Å². The number of benzene rings is 2. The Morgan fingerprint density at radius 2 is 1.90 bits per heavy atom. The standard InChI is InChI=1S/C22H22N6OS/c29-21(23-19-8-3-6-16-5-1-2-7-18(16)19)15-27-12-10-17(11-13-27)28-25-22(24-26-28)20-9-4-14-30-20/h1-9,14,17H,10-13,15H2,(H,23,29). The summed E-state index contributed by atoms with van der Waals surface area (Å²) in [6, 6.07) is 18.3. The van der Waals surface area contributed by atoms with Gasteiger partial charge in [0.05, 0.1) is 17.5 Å². The topological polar surface area (TPSA) is 75.9 Å². The first-order valence-corrected chi connectivity index (χ1v) is 11.0. The van der Waals surface area contributed by atoms with Crippen LogP contribution >= 0.6 is 11.3 Å². The van der Waals surface area contributed by atoms with Crippen LogP contribution in [0.25, 0.3) is 21.5 Å². The van der Waals surface area contributed by atoms with Crippen molar-refractivity contribution in [1.29, 1.82) is 0 Å². The summed E-state index contributed by atoms with van der Waals surface area (Å²) in [4.78, 5) is 17.6. The quantitative estimate of drug-likeness (QED) is 0.533. The van der Waals surface area contributed by atoms with Crippen molar-refractivity contribution in [3.8, 4) is 10.7 Å². The third kappa shape index (κ3) is 3.96. The molecule has 5 rings (SSSR count). The Morgan fingerprint density at radius 1 is 1.07 bits per heavy atom. The van der Waals surface area contributed by atoms with Crippen LogP contribution in [-0.4, -0.2) is 50.6 Å². The number of hydrogen-bond acceptors (Lipinski definition) is 6. The Labute approximate surface area is 178 Å². The highest BCUT2D eigenvalue weighted by molar-refractivity contribution is 7.13. The van der Waals surface area contributed by atoms with Crippen molar-refractivity contribution in [1.82, 2.24) is 25.1 Å². The van der Waals surface area contributed by atoms with Crippen molar-refractivity contribution in [2.45, 2.75) is 18.9 Å². The van der Waals surface area contributed by atoms with E-state index in [-0.39, 0.29) is 11.9 Å². The molecule has 0 atom stereocenters. The highest BCUT2D eigenvalue weighted by atomic mass is 32.1. The number of thiophene rings is 1. The summed E-state index contributed by atoms with van der Waals surface area (Å²) in [5.74, 6) is 0.700. The van der Waals surface area contributed by atoms with Crippen molar-refractivity contribution in [3.05, 3.63) is 60.0 Å². The van der Waals surface area contributed by atoms with E-state index in [1.807, 2.05) is 47.8 Å². The predicted molar refractivity (Wildman–Crippen MR) is 118 cm³/mol. The van der Waals surface area contributed by atoms with Crippen molar-refractivity contribution >= 4 is 33.7 Å². The number of aromatic nitrogens is 4. The van der Waals surface area contributed by atoms with Crippen molar-refractivity contribution in [2.75, 3.05) is 25.0 Å². The van der Waals surface area contributed by atoms with Gasteiger partial charge in [0.25, 0.3) is 0 Å². The molecule has 1 aliphatic rings. The van der Waals surface area contributed by atoms with Crippen LogP contribution < -0.4 is 5.32 Å². The molecule has 7 nitrogen and oxygen atoms in total. The second-order valence-electron chi connectivity index (χ2n) is 7.49. The molecule has 4 aromatic rings. The Bertz CT molecular complexity index is 1140. The molecule has 1 amide bonds. The van der Waals surface area contributed by atoms with Crippen molar-refractivity contribution in [2.24, 2.45) is 0 Å². The Kier molecular flexibility index (Phi) is 5.25. The van der Waals surface area contributed by atoms with Gasteiger partial charge in [-0.15, -0.1) is 21.5 Å². The summed E-state index contributed by atoms with van der Waals surface area (Å²) in [6.07, 6.45) is 1.81. The monoisotopic (exact) mass is 418 g/mol. The van der Waals surface area contributed by atoms with Crippen LogP contribution in [0, 0.1) is 0 Å². The molecule has 2 aromatic heterocycles. The number of nitrogens with one attached hydrogen (secondary N) is 1. The van der Waals surface area contributed by atoms with E-state index in [0.29, 0.717) is 12.4 Å². The number of carbonyl (C=O) groups is 1. The lowest BCUT2D eigenvalue weighted by Gasteiger charge is -2.30. The van der Waals surface area contributed by atoms with Crippen LogP contribution in [-0.2, 0) is 4.79 Å². The first kappa shape index (κ1) is 18.9. The maximum atomic E-state index is 12.6. The largest absolute Gasteiger partial charge is 0.324 e. The van der Waals surface area contributed by atoms with E-state index < -0.39 is 0 Å². The van der Waals surface area contributed by atoms with E-state index in [1.54, 1.807) is 16.1 Å². The first-order valence-electron chi connectivity index (χ1n) is 10.1. The van der Waals surface area contributed by atoms with E-state index in [0.717, 1.165) is 47.3 Å². The minimum Gasteiger partial charge on any atom is -0.324 e. The lowest BCUT2D eigenvalue weighted by Crippen LogP contribution is -2.40. The smallest absolute Gasteiger partial charge is 0.238 e. The zero-order valence-electron chi connectivity index (χ0n) is 16.4. The van der Waals surface area contributed by atoms with Crippen LogP contribution in [0.4, 0.5) is 5.69 Å². The maximum Gasteiger partial charge on any atom is 0.238 e. The summed E-state index contributed by atoms with van der Waals surface area (Å²) in [6.45, 7) is 2.06. The fourth-order valence-electron chi connectivity index (χ4n) is 3.92. The number of fused-ring (bicyclic) bond motifs is 1. The molecule has 3 heterocycles. The molecule has 1 aliphatic heterocycles. The molecule has 30 heavy (non-hydrogen) atoms. The molecule has 8 heteroatoms. The predicted octanol–water partition coefficient (Wildman–Crippen LogP) is 3.83. The average Bonchev–Trinajstić information content (AvgIpc) is 3.47. The third-order valence-corrected chi connectivity index (χ3v) is 6.35. The van der Waals surface area contributed by atoms with Gasteiger partial charge in [0.15, 0.2) is 0 Å². The number of tetrazole rings is 1. The molecule has 0 radical (unpaired) electrons. The van der Waals surface area contributed by atoms with E-state index in [4.69, 9.17) is 0 Å². The number of likely N-dealkylation sites (tertiary alicyclic amines) is 1. The molecule has 1 fully saturated rings. The Balaban J connectivity index is 1.17. The van der Waals surface area contributed by atoms with Gasteiger partial charge in [-0.2, -0.15) is 4.80 Å². The van der Waals surface area contributed by atoms with E-state index in [1.165, 1.54) is 0 Å². The number of hydrogen-bond donors (Lipinski definition) is 1. The van der Waals surface area contributed by atoms with Crippen LogP contribution in [0.2, 0.25) is 0 Å². The Morgan fingerprint density at radius 3 is 2.73 bits per heavy atom. The van der Waals surface area contributed by atoms with Crippen LogP contribution in [0.15, 0.2) is 60.0 Å². The van der Waals surface area contributed by atoms with Gasteiger partial charge in [-0.05, 0) is 41.0 Å². The molecule has 152 valence electrons. The van der Waals surface area contributed by atoms with Gasteiger partial charge in [-0.25, -0.2) is 0 Å². The molecule has 0 bridgehead atoms. The summed E-state index contributed by atoms with van der Waals surface area (Å²) in [5, 5.41) is 20.3. The zero-order valence-corrected chi connectivity index (χ0v) is 17.3. The average molecular weight is 419 g/mol. The van der Waals surface area contributed by atoms with Gasteiger partial charge >= 0.3 is 0 Å². The fraction of sp³-hybridized carbons (Fsp3) is 0.273. The van der Waals surface area contributed by atoms with Crippen molar-refractivity contribution in [3.63, 3.8) is 0 Å². The molecule has 0 aliphatic carbocycles. The summed E-state index contributed by atoms with van der Waals surface area (Å²) >= 11 is 1.61. The van der Waals surface area contributed by atoms with Gasteiger partial charge in [0, 0.05) is 24.2 Å². The Hall–Kier alpha value is -3.10. The van der Waals surface area contributed by atoms with Crippen LogP contribution in [0.3, 0.4) is 0 Å². The molecule has 1 saturated heterocycles. The number of amides is 1. The van der Waals surface area contributed by atoms with Crippen molar-refractivity contribution < 1.29 is 4.79 Å². The van der Waals surface area contributed by atoms with Crippen LogP contribution in [0.1, 0.15) is 18.9 Å². The molecule has 0 spiro atoms. The summed E-state index contributed by atoms with van der Waals surface area (Å²) < 4.78 is 0. The highest BCUT2D eigenvalue weighted by Gasteiger charge is 2.24. The number of carbonyl (C=O) groups excluding carboxylic acids is 1. The number of rotatable bonds is 5. The van der Waals surface area contributed by atoms with Gasteiger partial charge < -0.3 is 5.32 Å². The minimum atomic E-state index is 0.0173. The first-order chi connectivity index (χ1) is 14.8. The number of nitrogens with zero attached hydrogens (tertiary/aromatic N) is 5. The minimum absolute atomic E-state index is 0.0173. The normalized spacial score (nSPS) is 15.5. The summed E-state index contributed by atoms with van der Waals surface area (Å²) in [5.41, 5.74) is 0.862. The summed E-state index contributed by atoms with van der Waals surface area (Å²) in [7, 11) is 0. The van der Waals surface area contributed by atoms with Crippen LogP contribution in [0.5, 0.6) is 0 Å². The van der Waals surface area contributed by atoms with Gasteiger partial charge in [0.1, 0.15) is 0 Å². The molecule has 2 aromatic carbocycles. The lowest BCUT2D eigenvalue weighted by atomic mass is 10.1. The SMILES string of the molecule is O=C(CN1CCC(n2nnc(-c3cccs3)n2)CC1)Nc1cccc2ccccc12. The number of piperidine rings is 1. The molecular formula is C22H22N6OS. The van der Waals surface area contributed by atoms with E-state index in [9.17, 15) is 4.79 Å². The number of anilines is 1. The van der Waals surface area contributed by atoms with Gasteiger partial charge in [0.2, 0.25) is 11.7 Å². The molecule has 0 saturated carbocycles.